The van der Waals surface area contributed by atoms with Gasteiger partial charge in [0.25, 0.3) is 0 Å². The summed E-state index contributed by atoms with van der Waals surface area (Å²) in [6.07, 6.45) is 6.54. The molecule has 0 radical (unpaired) electrons. The first-order chi connectivity index (χ1) is 8.40. The molecule has 0 aromatic carbocycles. The van der Waals surface area contributed by atoms with Crippen LogP contribution >= 0.6 is 0 Å². The third-order valence-corrected chi connectivity index (χ3v) is 3.89. The summed E-state index contributed by atoms with van der Waals surface area (Å²) >= 11 is 0. The van der Waals surface area contributed by atoms with Gasteiger partial charge in [-0.1, -0.05) is 13.3 Å². The van der Waals surface area contributed by atoms with Crippen molar-refractivity contribution in [2.75, 3.05) is 39.4 Å². The quantitative estimate of drug-likeness (QED) is 0.656. The zero-order valence-corrected chi connectivity index (χ0v) is 11.3. The van der Waals surface area contributed by atoms with Crippen molar-refractivity contribution in [3.05, 3.63) is 0 Å². The lowest BCUT2D eigenvalue weighted by molar-refractivity contribution is 0.110. The van der Waals surface area contributed by atoms with Gasteiger partial charge in [-0.05, 0) is 31.6 Å². The highest BCUT2D eigenvalue weighted by Crippen LogP contribution is 2.33. The molecule has 1 aliphatic carbocycles. The molecule has 3 nitrogen and oxygen atoms in total. The average Bonchev–Trinajstić information content (AvgIpc) is 3.18. The fraction of sp³-hybridized carbons (Fsp3) is 1.00. The molecule has 2 fully saturated rings. The third-order valence-electron chi connectivity index (χ3n) is 3.89. The SMILES string of the molecule is CCCCOCCCN1CCNC(C2CC2)C1. The number of nitrogens with one attached hydrogen (secondary N) is 1. The molecule has 2 aliphatic rings. The monoisotopic (exact) mass is 240 g/mol. The van der Waals surface area contributed by atoms with E-state index in [1.54, 1.807) is 0 Å². The van der Waals surface area contributed by atoms with Crippen molar-refractivity contribution in [1.29, 1.82) is 0 Å². The predicted molar refractivity (Wildman–Crippen MR) is 71.3 cm³/mol. The van der Waals surface area contributed by atoms with Gasteiger partial charge in [0, 0.05) is 45.4 Å². The number of ether oxygens (including phenoxy) is 1. The summed E-state index contributed by atoms with van der Waals surface area (Å²) in [7, 11) is 0. The van der Waals surface area contributed by atoms with E-state index in [2.05, 4.69) is 17.1 Å². The fourth-order valence-electron chi connectivity index (χ4n) is 2.60. The van der Waals surface area contributed by atoms with Gasteiger partial charge in [0.2, 0.25) is 0 Å². The lowest BCUT2D eigenvalue weighted by Gasteiger charge is -2.33. The van der Waals surface area contributed by atoms with E-state index in [1.807, 2.05) is 0 Å². The minimum absolute atomic E-state index is 0.782. The second-order valence-electron chi connectivity index (χ2n) is 5.52. The van der Waals surface area contributed by atoms with Crippen LogP contribution in [-0.2, 0) is 4.74 Å². The molecule has 1 atom stereocenters. The average molecular weight is 240 g/mol. The van der Waals surface area contributed by atoms with Gasteiger partial charge in [-0.2, -0.15) is 0 Å². The molecule has 1 heterocycles. The van der Waals surface area contributed by atoms with E-state index in [-0.39, 0.29) is 0 Å². The van der Waals surface area contributed by atoms with Crippen LogP contribution in [0.5, 0.6) is 0 Å². The number of piperazine rings is 1. The first kappa shape index (κ1) is 13.3. The third kappa shape index (κ3) is 4.94. The van der Waals surface area contributed by atoms with Crippen molar-refractivity contribution in [1.82, 2.24) is 10.2 Å². The fourth-order valence-corrected chi connectivity index (χ4v) is 2.60. The molecule has 0 bridgehead atoms. The van der Waals surface area contributed by atoms with Gasteiger partial charge in [0.1, 0.15) is 0 Å². The minimum atomic E-state index is 0.782. The molecule has 100 valence electrons. The first-order valence-electron chi connectivity index (χ1n) is 7.43. The van der Waals surface area contributed by atoms with Crippen molar-refractivity contribution in [2.45, 2.75) is 45.1 Å². The number of hydrogen-bond donors (Lipinski definition) is 1. The normalized spacial score (nSPS) is 26.3. The van der Waals surface area contributed by atoms with Crippen LogP contribution in [0.2, 0.25) is 0 Å². The van der Waals surface area contributed by atoms with Gasteiger partial charge in [-0.3, -0.25) is 0 Å². The molecule has 2 rings (SSSR count). The van der Waals surface area contributed by atoms with Crippen molar-refractivity contribution in [2.24, 2.45) is 5.92 Å². The van der Waals surface area contributed by atoms with Crippen molar-refractivity contribution in [3.63, 3.8) is 0 Å². The zero-order valence-electron chi connectivity index (χ0n) is 11.3. The highest BCUT2D eigenvalue weighted by Gasteiger charge is 2.33. The zero-order chi connectivity index (χ0) is 11.9. The van der Waals surface area contributed by atoms with E-state index < -0.39 is 0 Å². The van der Waals surface area contributed by atoms with Gasteiger partial charge >= 0.3 is 0 Å². The number of hydrogen-bond acceptors (Lipinski definition) is 3. The number of unbranched alkanes of at least 4 members (excludes halogenated alkanes) is 1. The van der Waals surface area contributed by atoms with Gasteiger partial charge < -0.3 is 15.0 Å². The Morgan fingerprint density at radius 3 is 2.82 bits per heavy atom. The summed E-state index contributed by atoms with van der Waals surface area (Å²) in [5.74, 6) is 0.985. The van der Waals surface area contributed by atoms with Crippen LogP contribution in [0, 0.1) is 5.92 Å². The summed E-state index contributed by atoms with van der Waals surface area (Å²) in [6.45, 7) is 8.98. The van der Waals surface area contributed by atoms with Crippen LogP contribution < -0.4 is 5.32 Å². The van der Waals surface area contributed by atoms with E-state index in [4.69, 9.17) is 4.74 Å². The Morgan fingerprint density at radius 2 is 2.06 bits per heavy atom. The Morgan fingerprint density at radius 1 is 1.24 bits per heavy atom. The summed E-state index contributed by atoms with van der Waals surface area (Å²) in [6, 6.07) is 0.782. The van der Waals surface area contributed by atoms with Crippen LogP contribution in [0.15, 0.2) is 0 Å². The smallest absolute Gasteiger partial charge is 0.0478 e. The molecule has 1 N–H and O–H groups in total. The van der Waals surface area contributed by atoms with Gasteiger partial charge in [0.05, 0.1) is 0 Å². The molecule has 0 amide bonds. The summed E-state index contributed by atoms with van der Waals surface area (Å²) in [5, 5.41) is 3.66. The highest BCUT2D eigenvalue weighted by atomic mass is 16.5. The minimum Gasteiger partial charge on any atom is -0.381 e. The Balaban J connectivity index is 1.49. The topological polar surface area (TPSA) is 24.5 Å². The Kier molecular flexibility index (Phi) is 5.75. The molecule has 1 saturated carbocycles. The van der Waals surface area contributed by atoms with Crippen molar-refractivity contribution >= 4 is 0 Å². The molecule has 3 heteroatoms. The molecular weight excluding hydrogens is 212 g/mol. The van der Waals surface area contributed by atoms with E-state index >= 15 is 0 Å². The van der Waals surface area contributed by atoms with Gasteiger partial charge in [-0.15, -0.1) is 0 Å². The lowest BCUT2D eigenvalue weighted by atomic mass is 10.1. The summed E-state index contributed by atoms with van der Waals surface area (Å²) in [4.78, 5) is 2.61. The van der Waals surface area contributed by atoms with Crippen LogP contribution in [-0.4, -0.2) is 50.3 Å². The summed E-state index contributed by atoms with van der Waals surface area (Å²) < 4.78 is 5.61. The van der Waals surface area contributed by atoms with E-state index in [0.29, 0.717) is 0 Å². The number of nitrogens with zero attached hydrogens (tertiary/aromatic N) is 1. The second-order valence-corrected chi connectivity index (χ2v) is 5.52. The Bertz CT molecular complexity index is 206. The Labute approximate surface area is 106 Å². The largest absolute Gasteiger partial charge is 0.381 e. The highest BCUT2D eigenvalue weighted by molar-refractivity contribution is 4.91. The van der Waals surface area contributed by atoms with E-state index in [9.17, 15) is 0 Å². The van der Waals surface area contributed by atoms with E-state index in [1.165, 1.54) is 58.3 Å². The van der Waals surface area contributed by atoms with Gasteiger partial charge in [-0.25, -0.2) is 0 Å². The molecule has 0 spiro atoms. The predicted octanol–water partition coefficient (Wildman–Crippen LogP) is 1.88. The maximum Gasteiger partial charge on any atom is 0.0478 e. The molecule has 0 aromatic rings. The second kappa shape index (κ2) is 7.34. The van der Waals surface area contributed by atoms with Crippen LogP contribution in [0.1, 0.15) is 39.0 Å². The van der Waals surface area contributed by atoms with Crippen LogP contribution in [0.4, 0.5) is 0 Å². The molecule has 1 aliphatic heterocycles. The van der Waals surface area contributed by atoms with E-state index in [0.717, 1.165) is 25.2 Å². The summed E-state index contributed by atoms with van der Waals surface area (Å²) in [5.41, 5.74) is 0. The molecule has 0 aromatic heterocycles. The molecule has 17 heavy (non-hydrogen) atoms. The maximum atomic E-state index is 5.61. The standard InChI is InChI=1S/C14H28N2O/c1-2-3-10-17-11-4-8-16-9-7-15-14(12-16)13-5-6-13/h13-15H,2-12H2,1H3. The lowest BCUT2D eigenvalue weighted by Crippen LogP contribution is -2.51. The molecule has 1 saturated heterocycles. The maximum absolute atomic E-state index is 5.61. The van der Waals surface area contributed by atoms with Crippen molar-refractivity contribution < 1.29 is 4.74 Å². The molecular formula is C14H28N2O. The number of rotatable bonds is 8. The van der Waals surface area contributed by atoms with Crippen LogP contribution in [0.3, 0.4) is 0 Å². The Hall–Kier alpha value is -0.120. The molecule has 1 unspecified atom stereocenters. The van der Waals surface area contributed by atoms with Gasteiger partial charge in [0.15, 0.2) is 0 Å². The van der Waals surface area contributed by atoms with Crippen LogP contribution in [0.25, 0.3) is 0 Å². The first-order valence-corrected chi connectivity index (χ1v) is 7.43. The van der Waals surface area contributed by atoms with Crippen molar-refractivity contribution in [3.8, 4) is 0 Å².